The van der Waals surface area contributed by atoms with E-state index in [0.29, 0.717) is 25.5 Å². The molecule has 1 amide bonds. The first-order valence-electron chi connectivity index (χ1n) is 8.24. The van der Waals surface area contributed by atoms with Crippen LogP contribution in [0.5, 0.6) is 0 Å². The maximum absolute atomic E-state index is 12.1. The van der Waals surface area contributed by atoms with Crippen LogP contribution in [0.4, 0.5) is 5.69 Å². The van der Waals surface area contributed by atoms with E-state index in [4.69, 9.17) is 9.84 Å². The van der Waals surface area contributed by atoms with E-state index in [0.717, 1.165) is 13.1 Å². The molecule has 2 fully saturated rings. The van der Waals surface area contributed by atoms with Crippen LogP contribution in [0.15, 0.2) is 24.3 Å². The van der Waals surface area contributed by atoms with E-state index in [1.807, 2.05) is 4.90 Å². The van der Waals surface area contributed by atoms with Gasteiger partial charge in [0.15, 0.2) is 0 Å². The van der Waals surface area contributed by atoms with Gasteiger partial charge in [-0.05, 0) is 30.5 Å². The fourth-order valence-corrected chi connectivity index (χ4v) is 4.35. The third-order valence-corrected chi connectivity index (χ3v) is 5.59. The molecule has 2 aliphatic heterocycles. The number of hydrogen-bond donors (Lipinski definition) is 1. The third kappa shape index (κ3) is 4.00. The van der Waals surface area contributed by atoms with Gasteiger partial charge >= 0.3 is 0 Å². The standard InChI is InChI=1S/C17H24N2O3S/c20-10-12-22-11-9-19-16(21)13-23-17(19)14-3-5-15(6-4-14)18-7-1-2-8-18/h3-6,17,20H,1-2,7-13H2. The van der Waals surface area contributed by atoms with Crippen LogP contribution >= 0.6 is 11.8 Å². The molecule has 0 saturated carbocycles. The molecule has 2 saturated heterocycles. The molecule has 1 aromatic carbocycles. The lowest BCUT2D eigenvalue weighted by atomic mass is 10.1. The predicted molar refractivity (Wildman–Crippen MR) is 92.7 cm³/mol. The number of aliphatic hydroxyl groups is 1. The van der Waals surface area contributed by atoms with Gasteiger partial charge in [-0.3, -0.25) is 4.79 Å². The average Bonchev–Trinajstić information content (AvgIpc) is 3.22. The van der Waals surface area contributed by atoms with Crippen LogP contribution in [0.2, 0.25) is 0 Å². The molecular formula is C17H24N2O3S. The number of rotatable bonds is 7. The Morgan fingerprint density at radius 3 is 2.61 bits per heavy atom. The predicted octanol–water partition coefficient (Wildman–Crippen LogP) is 1.87. The van der Waals surface area contributed by atoms with E-state index in [1.165, 1.54) is 24.1 Å². The number of hydrogen-bond acceptors (Lipinski definition) is 5. The molecule has 126 valence electrons. The Balaban J connectivity index is 1.63. The number of anilines is 1. The van der Waals surface area contributed by atoms with Crippen LogP contribution in [0, 0.1) is 0 Å². The zero-order valence-corrected chi connectivity index (χ0v) is 14.1. The first-order valence-corrected chi connectivity index (χ1v) is 9.29. The van der Waals surface area contributed by atoms with Crippen molar-refractivity contribution in [1.82, 2.24) is 4.90 Å². The molecule has 1 aromatic rings. The first kappa shape index (κ1) is 16.6. The van der Waals surface area contributed by atoms with Crippen molar-refractivity contribution in [3.8, 4) is 0 Å². The highest BCUT2D eigenvalue weighted by Gasteiger charge is 2.32. The zero-order valence-electron chi connectivity index (χ0n) is 13.3. The van der Waals surface area contributed by atoms with Gasteiger partial charge in [0.1, 0.15) is 5.37 Å². The molecule has 0 radical (unpaired) electrons. The van der Waals surface area contributed by atoms with Crippen LogP contribution in [-0.4, -0.2) is 61.1 Å². The summed E-state index contributed by atoms with van der Waals surface area (Å²) in [5, 5.41) is 8.82. The molecule has 6 heteroatoms. The van der Waals surface area contributed by atoms with Crippen LogP contribution in [0.1, 0.15) is 23.8 Å². The first-order chi connectivity index (χ1) is 11.3. The molecule has 0 aliphatic carbocycles. The van der Waals surface area contributed by atoms with Crippen molar-refractivity contribution >= 4 is 23.4 Å². The number of carbonyl (C=O) groups excluding carboxylic acids is 1. The fourth-order valence-electron chi connectivity index (χ4n) is 3.13. The lowest BCUT2D eigenvalue weighted by Gasteiger charge is -2.25. The van der Waals surface area contributed by atoms with E-state index in [9.17, 15) is 4.79 Å². The molecule has 0 spiro atoms. The van der Waals surface area contributed by atoms with Crippen LogP contribution in [0.25, 0.3) is 0 Å². The van der Waals surface area contributed by atoms with Gasteiger partial charge in [0, 0.05) is 25.3 Å². The number of ether oxygens (including phenoxy) is 1. The van der Waals surface area contributed by atoms with Crippen molar-refractivity contribution in [3.05, 3.63) is 29.8 Å². The molecule has 1 atom stereocenters. The van der Waals surface area contributed by atoms with E-state index < -0.39 is 0 Å². The van der Waals surface area contributed by atoms with E-state index >= 15 is 0 Å². The summed E-state index contributed by atoms with van der Waals surface area (Å²) in [4.78, 5) is 16.4. The van der Waals surface area contributed by atoms with Crippen LogP contribution in [-0.2, 0) is 9.53 Å². The second-order valence-electron chi connectivity index (χ2n) is 5.87. The zero-order chi connectivity index (χ0) is 16.1. The second kappa shape index (κ2) is 8.04. The highest BCUT2D eigenvalue weighted by molar-refractivity contribution is 8.00. The molecule has 5 nitrogen and oxygen atoms in total. The maximum atomic E-state index is 12.1. The monoisotopic (exact) mass is 336 g/mol. The maximum Gasteiger partial charge on any atom is 0.233 e. The van der Waals surface area contributed by atoms with Crippen molar-refractivity contribution < 1.29 is 14.6 Å². The van der Waals surface area contributed by atoms with E-state index in [-0.39, 0.29) is 17.9 Å². The lowest BCUT2D eigenvalue weighted by Crippen LogP contribution is -2.31. The smallest absolute Gasteiger partial charge is 0.233 e. The minimum absolute atomic E-state index is 0.0179. The molecule has 3 rings (SSSR count). The highest BCUT2D eigenvalue weighted by Crippen LogP contribution is 2.39. The van der Waals surface area contributed by atoms with Gasteiger partial charge in [-0.1, -0.05) is 12.1 Å². The van der Waals surface area contributed by atoms with Gasteiger partial charge in [0.25, 0.3) is 0 Å². The minimum Gasteiger partial charge on any atom is -0.394 e. The van der Waals surface area contributed by atoms with Gasteiger partial charge in [-0.15, -0.1) is 11.8 Å². The molecule has 1 unspecified atom stereocenters. The van der Waals surface area contributed by atoms with Crippen molar-refractivity contribution in [2.24, 2.45) is 0 Å². The summed E-state index contributed by atoms with van der Waals surface area (Å²) in [6.45, 7) is 3.67. The van der Waals surface area contributed by atoms with Crippen molar-refractivity contribution in [1.29, 1.82) is 0 Å². The summed E-state index contributed by atoms with van der Waals surface area (Å²) < 4.78 is 5.30. The number of benzene rings is 1. The number of thioether (sulfide) groups is 1. The fraction of sp³-hybridized carbons (Fsp3) is 0.588. The van der Waals surface area contributed by atoms with Crippen molar-refractivity contribution in [2.75, 3.05) is 50.1 Å². The molecule has 1 N–H and O–H groups in total. The van der Waals surface area contributed by atoms with Crippen molar-refractivity contribution in [2.45, 2.75) is 18.2 Å². The summed E-state index contributed by atoms with van der Waals surface area (Å²) in [7, 11) is 0. The SMILES string of the molecule is O=C1CSC(c2ccc(N3CCCC3)cc2)N1CCOCCO. The second-order valence-corrected chi connectivity index (χ2v) is 6.94. The van der Waals surface area contributed by atoms with Gasteiger partial charge in [-0.25, -0.2) is 0 Å². The number of amides is 1. The summed E-state index contributed by atoms with van der Waals surface area (Å²) in [5.74, 6) is 0.689. The third-order valence-electron chi connectivity index (χ3n) is 4.33. The average molecular weight is 336 g/mol. The normalized spacial score (nSPS) is 21.4. The van der Waals surface area contributed by atoms with Gasteiger partial charge in [0.05, 0.1) is 25.6 Å². The Morgan fingerprint density at radius 2 is 1.91 bits per heavy atom. The van der Waals surface area contributed by atoms with Crippen LogP contribution in [0.3, 0.4) is 0 Å². The van der Waals surface area contributed by atoms with Gasteiger partial charge in [-0.2, -0.15) is 0 Å². The van der Waals surface area contributed by atoms with Crippen molar-refractivity contribution in [3.63, 3.8) is 0 Å². The van der Waals surface area contributed by atoms with Gasteiger partial charge < -0.3 is 19.6 Å². The summed E-state index contributed by atoms with van der Waals surface area (Å²) >= 11 is 1.67. The van der Waals surface area contributed by atoms with Gasteiger partial charge in [0.2, 0.25) is 5.91 Å². The number of nitrogens with zero attached hydrogens (tertiary/aromatic N) is 2. The van der Waals surface area contributed by atoms with E-state index in [2.05, 4.69) is 29.2 Å². The quantitative estimate of drug-likeness (QED) is 0.771. The largest absolute Gasteiger partial charge is 0.394 e. The molecule has 2 aliphatic rings. The van der Waals surface area contributed by atoms with Crippen LogP contribution < -0.4 is 4.90 Å². The Bertz CT molecular complexity index is 517. The topological polar surface area (TPSA) is 53.0 Å². The lowest BCUT2D eigenvalue weighted by molar-refractivity contribution is -0.128. The Labute approximate surface area is 141 Å². The molecule has 0 bridgehead atoms. The Kier molecular flexibility index (Phi) is 5.80. The summed E-state index contributed by atoms with van der Waals surface area (Å²) in [6.07, 6.45) is 2.55. The Morgan fingerprint density at radius 1 is 1.17 bits per heavy atom. The molecule has 0 aromatic heterocycles. The summed E-state index contributed by atoms with van der Waals surface area (Å²) in [5.41, 5.74) is 2.45. The minimum atomic E-state index is 0.0179. The number of aliphatic hydroxyl groups excluding tert-OH is 1. The highest BCUT2D eigenvalue weighted by atomic mass is 32.2. The molecule has 23 heavy (non-hydrogen) atoms. The Hall–Kier alpha value is -1.24. The molecular weight excluding hydrogens is 312 g/mol. The molecule has 2 heterocycles. The summed E-state index contributed by atoms with van der Waals surface area (Å²) in [6, 6.07) is 8.63. The van der Waals surface area contributed by atoms with E-state index in [1.54, 1.807) is 11.8 Å². The number of carbonyl (C=O) groups is 1.